The number of nitrogens with one attached hydrogen (secondary N) is 1. The second kappa shape index (κ2) is 7.29. The van der Waals surface area contributed by atoms with E-state index in [0.29, 0.717) is 17.1 Å². The first-order valence-electron chi connectivity index (χ1n) is 7.80. The van der Waals surface area contributed by atoms with Crippen LogP contribution in [0.2, 0.25) is 0 Å². The van der Waals surface area contributed by atoms with Crippen LogP contribution in [0.5, 0.6) is 5.75 Å². The monoisotopic (exact) mass is 342 g/mol. The van der Waals surface area contributed by atoms with E-state index in [4.69, 9.17) is 4.74 Å². The molecule has 7 nitrogen and oxygen atoms in total. The Morgan fingerprint density at radius 1 is 1.00 bits per heavy atom. The van der Waals surface area contributed by atoms with E-state index in [1.54, 1.807) is 38.4 Å². The second-order valence-electron chi connectivity index (χ2n) is 6.68. The molecule has 0 atom stereocenters. The Kier molecular flexibility index (Phi) is 5.36. The van der Waals surface area contributed by atoms with Gasteiger partial charge in [0.1, 0.15) is 22.7 Å². The zero-order valence-electron chi connectivity index (χ0n) is 15.0. The highest BCUT2D eigenvalue weighted by Gasteiger charge is 2.14. The van der Waals surface area contributed by atoms with Crippen molar-refractivity contribution in [3.05, 3.63) is 48.0 Å². The predicted molar refractivity (Wildman–Crippen MR) is 94.8 cm³/mol. The van der Waals surface area contributed by atoms with Crippen molar-refractivity contribution in [1.82, 2.24) is 14.9 Å². The van der Waals surface area contributed by atoms with E-state index in [1.165, 1.54) is 17.3 Å². The van der Waals surface area contributed by atoms with Crippen molar-refractivity contribution < 1.29 is 14.3 Å². The summed E-state index contributed by atoms with van der Waals surface area (Å²) in [5.41, 5.74) is 0.722. The molecule has 0 unspecified atom stereocenters. The molecular weight excluding hydrogens is 320 g/mol. The molecule has 0 radical (unpaired) electrons. The van der Waals surface area contributed by atoms with Crippen LogP contribution in [-0.2, 0) is 0 Å². The lowest BCUT2D eigenvalue weighted by Gasteiger charge is -2.20. The Balaban J connectivity index is 2.03. The van der Waals surface area contributed by atoms with Crippen molar-refractivity contribution >= 4 is 17.5 Å². The molecule has 2 heterocycles. The Labute approximate surface area is 147 Å². The summed E-state index contributed by atoms with van der Waals surface area (Å²) in [6.07, 6.45) is 2.95. The van der Waals surface area contributed by atoms with Crippen LogP contribution >= 0.6 is 0 Å². The van der Waals surface area contributed by atoms with E-state index < -0.39 is 0 Å². The maximum atomic E-state index is 12.2. The molecule has 2 aromatic heterocycles. The second-order valence-corrected chi connectivity index (χ2v) is 6.68. The molecule has 2 amide bonds. The summed E-state index contributed by atoms with van der Waals surface area (Å²) in [7, 11) is 3.30. The van der Waals surface area contributed by atoms with E-state index in [-0.39, 0.29) is 23.1 Å². The summed E-state index contributed by atoms with van der Waals surface area (Å²) in [4.78, 5) is 33.6. The van der Waals surface area contributed by atoms with Gasteiger partial charge in [0.2, 0.25) is 0 Å². The van der Waals surface area contributed by atoms with Crippen LogP contribution in [0.15, 0.2) is 36.7 Å². The number of aromatic nitrogens is 2. The fraction of sp³-hybridized carbons (Fsp3) is 0.333. The summed E-state index contributed by atoms with van der Waals surface area (Å²) < 4.78 is 5.67. The number of anilines is 1. The van der Waals surface area contributed by atoms with Crippen LogP contribution in [0.4, 0.5) is 5.69 Å². The third-order valence-corrected chi connectivity index (χ3v) is 3.04. The fourth-order valence-corrected chi connectivity index (χ4v) is 1.95. The van der Waals surface area contributed by atoms with Crippen LogP contribution in [0.1, 0.15) is 41.7 Å². The standard InChI is InChI=1S/C18H22N4O3/c1-18(2,3)25-13-7-9-14(20-11-13)16(23)21-12-6-8-15(19-10-12)17(24)22(4)5/h6-11H,1-5H3,(H,21,23). The van der Waals surface area contributed by atoms with Crippen LogP contribution in [0.3, 0.4) is 0 Å². The maximum Gasteiger partial charge on any atom is 0.274 e. The molecular formula is C18H22N4O3. The molecule has 2 aromatic rings. The minimum absolute atomic E-state index is 0.200. The number of rotatable bonds is 4. The molecule has 0 saturated carbocycles. The molecule has 132 valence electrons. The number of amides is 2. The minimum Gasteiger partial charge on any atom is -0.487 e. The quantitative estimate of drug-likeness (QED) is 0.923. The Bertz CT molecular complexity index is 747. The summed E-state index contributed by atoms with van der Waals surface area (Å²) in [6.45, 7) is 5.81. The largest absolute Gasteiger partial charge is 0.487 e. The first-order chi connectivity index (χ1) is 11.7. The van der Waals surface area contributed by atoms with Gasteiger partial charge in [-0.3, -0.25) is 9.59 Å². The van der Waals surface area contributed by atoms with Crippen molar-refractivity contribution in [1.29, 1.82) is 0 Å². The third kappa shape index (κ3) is 5.27. The van der Waals surface area contributed by atoms with Gasteiger partial charge in [-0.2, -0.15) is 0 Å². The molecule has 0 aliphatic carbocycles. The molecule has 0 aliphatic heterocycles. The minimum atomic E-state index is -0.365. The van der Waals surface area contributed by atoms with Crippen LogP contribution in [0, 0.1) is 0 Å². The highest BCUT2D eigenvalue weighted by molar-refractivity contribution is 6.03. The van der Waals surface area contributed by atoms with E-state index in [0.717, 1.165) is 0 Å². The fourth-order valence-electron chi connectivity index (χ4n) is 1.95. The number of pyridine rings is 2. The smallest absolute Gasteiger partial charge is 0.274 e. The van der Waals surface area contributed by atoms with Crippen molar-refractivity contribution in [3.63, 3.8) is 0 Å². The molecule has 2 rings (SSSR count). The Morgan fingerprint density at radius 3 is 2.12 bits per heavy atom. The van der Waals surface area contributed by atoms with Crippen LogP contribution < -0.4 is 10.1 Å². The van der Waals surface area contributed by atoms with E-state index >= 15 is 0 Å². The van der Waals surface area contributed by atoms with Gasteiger partial charge in [-0.25, -0.2) is 9.97 Å². The maximum absolute atomic E-state index is 12.2. The lowest BCUT2D eigenvalue weighted by Crippen LogP contribution is -2.23. The van der Waals surface area contributed by atoms with Gasteiger partial charge in [-0.1, -0.05) is 0 Å². The molecule has 0 fully saturated rings. The van der Waals surface area contributed by atoms with Crippen LogP contribution in [0.25, 0.3) is 0 Å². The van der Waals surface area contributed by atoms with E-state index in [9.17, 15) is 9.59 Å². The number of hydrogen-bond donors (Lipinski definition) is 1. The van der Waals surface area contributed by atoms with E-state index in [1.807, 2.05) is 20.8 Å². The highest BCUT2D eigenvalue weighted by Crippen LogP contribution is 2.17. The first kappa shape index (κ1) is 18.4. The van der Waals surface area contributed by atoms with Gasteiger partial charge in [0.05, 0.1) is 18.1 Å². The molecule has 7 heteroatoms. The molecule has 1 N–H and O–H groups in total. The summed E-state index contributed by atoms with van der Waals surface area (Å²) in [5.74, 6) is 0.0297. The number of carbonyl (C=O) groups excluding carboxylic acids is 2. The molecule has 0 aromatic carbocycles. The van der Waals surface area contributed by atoms with Gasteiger partial charge in [0.25, 0.3) is 11.8 Å². The predicted octanol–water partition coefficient (Wildman–Crippen LogP) is 2.61. The molecule has 25 heavy (non-hydrogen) atoms. The van der Waals surface area contributed by atoms with Crippen molar-refractivity contribution in [2.75, 3.05) is 19.4 Å². The number of carbonyl (C=O) groups is 2. The molecule has 0 spiro atoms. The lowest BCUT2D eigenvalue weighted by molar-refractivity contribution is 0.0822. The summed E-state index contributed by atoms with van der Waals surface area (Å²) >= 11 is 0. The normalized spacial score (nSPS) is 10.9. The van der Waals surface area contributed by atoms with Gasteiger partial charge < -0.3 is 15.0 Å². The summed E-state index contributed by atoms with van der Waals surface area (Å²) in [6, 6.07) is 6.47. The van der Waals surface area contributed by atoms with Gasteiger partial charge in [-0.05, 0) is 45.0 Å². The highest BCUT2D eigenvalue weighted by atomic mass is 16.5. The van der Waals surface area contributed by atoms with Gasteiger partial charge >= 0.3 is 0 Å². The van der Waals surface area contributed by atoms with Crippen molar-refractivity contribution in [3.8, 4) is 5.75 Å². The molecule has 0 aliphatic rings. The van der Waals surface area contributed by atoms with Gasteiger partial charge in [0, 0.05) is 14.1 Å². The van der Waals surface area contributed by atoms with Crippen molar-refractivity contribution in [2.24, 2.45) is 0 Å². The SMILES string of the molecule is CN(C)C(=O)c1ccc(NC(=O)c2ccc(OC(C)(C)C)cn2)cn1. The first-order valence-corrected chi connectivity index (χ1v) is 7.80. The zero-order valence-corrected chi connectivity index (χ0v) is 15.0. The number of hydrogen-bond acceptors (Lipinski definition) is 5. The third-order valence-electron chi connectivity index (χ3n) is 3.04. The number of ether oxygens (including phenoxy) is 1. The van der Waals surface area contributed by atoms with E-state index in [2.05, 4.69) is 15.3 Å². The average Bonchev–Trinajstić information content (AvgIpc) is 2.54. The number of nitrogens with zero attached hydrogens (tertiary/aromatic N) is 3. The van der Waals surface area contributed by atoms with Gasteiger partial charge in [-0.15, -0.1) is 0 Å². The Hall–Kier alpha value is -2.96. The molecule has 0 bridgehead atoms. The topological polar surface area (TPSA) is 84.4 Å². The lowest BCUT2D eigenvalue weighted by atomic mass is 10.2. The molecule has 0 saturated heterocycles. The Morgan fingerprint density at radius 2 is 1.64 bits per heavy atom. The van der Waals surface area contributed by atoms with Crippen LogP contribution in [-0.4, -0.2) is 46.4 Å². The van der Waals surface area contributed by atoms with Gasteiger partial charge in [0.15, 0.2) is 0 Å². The van der Waals surface area contributed by atoms with Crippen molar-refractivity contribution in [2.45, 2.75) is 26.4 Å². The average molecular weight is 342 g/mol. The zero-order chi connectivity index (χ0) is 18.6. The summed E-state index contributed by atoms with van der Waals surface area (Å²) in [5, 5.41) is 2.69.